The number of anilines is 1. The van der Waals surface area contributed by atoms with Gasteiger partial charge in [-0.15, -0.1) is 0 Å². The summed E-state index contributed by atoms with van der Waals surface area (Å²) in [6.45, 7) is 4.63. The summed E-state index contributed by atoms with van der Waals surface area (Å²) in [5.41, 5.74) is -0.987. The van der Waals surface area contributed by atoms with Crippen molar-refractivity contribution in [3.05, 3.63) is 29.3 Å². The van der Waals surface area contributed by atoms with Gasteiger partial charge in [0.05, 0.1) is 23.1 Å². The third-order valence-electron chi connectivity index (χ3n) is 7.38. The number of alkyl halides is 3. The molecule has 1 aromatic carbocycles. The maximum atomic E-state index is 13.5. The SMILES string of the molecule is CCCNC(=O)N1CCC([C@@H]2CN(c3ccc(C#N)c(C(F)(F)F)c3)C[C@H]2C(=O)NC2CC2)CC1. The van der Waals surface area contributed by atoms with Crippen LogP contribution >= 0.6 is 0 Å². The second kappa shape index (κ2) is 10.3. The molecule has 3 fully saturated rings. The molecule has 2 atom stereocenters. The van der Waals surface area contributed by atoms with E-state index in [-0.39, 0.29) is 35.7 Å². The Morgan fingerprint density at radius 3 is 2.46 bits per heavy atom. The van der Waals surface area contributed by atoms with E-state index < -0.39 is 17.3 Å². The Kier molecular flexibility index (Phi) is 7.43. The molecule has 0 unspecified atom stereocenters. The number of halogens is 3. The third-order valence-corrected chi connectivity index (χ3v) is 7.38. The van der Waals surface area contributed by atoms with Gasteiger partial charge in [0, 0.05) is 44.5 Å². The number of carbonyl (C=O) groups excluding carboxylic acids is 2. The van der Waals surface area contributed by atoms with Crippen LogP contribution in [-0.4, -0.2) is 55.6 Å². The van der Waals surface area contributed by atoms with Crippen LogP contribution in [0.25, 0.3) is 0 Å². The molecule has 2 N–H and O–H groups in total. The Morgan fingerprint density at radius 2 is 1.86 bits per heavy atom. The lowest BCUT2D eigenvalue weighted by Gasteiger charge is -2.36. The Bertz CT molecular complexity index is 980. The quantitative estimate of drug-likeness (QED) is 0.635. The Labute approximate surface area is 203 Å². The topological polar surface area (TPSA) is 88.5 Å². The molecule has 2 saturated heterocycles. The van der Waals surface area contributed by atoms with Crippen LogP contribution in [0.2, 0.25) is 0 Å². The lowest BCUT2D eigenvalue weighted by atomic mass is 9.78. The van der Waals surface area contributed by atoms with E-state index in [0.717, 1.165) is 38.2 Å². The van der Waals surface area contributed by atoms with Gasteiger partial charge >= 0.3 is 12.2 Å². The number of nitriles is 1. The minimum Gasteiger partial charge on any atom is -0.370 e. The lowest BCUT2D eigenvalue weighted by Crippen LogP contribution is -2.47. The van der Waals surface area contributed by atoms with Crippen molar-refractivity contribution in [1.29, 1.82) is 5.26 Å². The summed E-state index contributed by atoms with van der Waals surface area (Å²) >= 11 is 0. The molecule has 7 nitrogen and oxygen atoms in total. The largest absolute Gasteiger partial charge is 0.417 e. The molecule has 190 valence electrons. The van der Waals surface area contributed by atoms with Gasteiger partial charge in [0.2, 0.25) is 5.91 Å². The molecule has 2 aliphatic heterocycles. The predicted octanol–water partition coefficient (Wildman–Crippen LogP) is 3.74. The monoisotopic (exact) mass is 491 g/mol. The summed E-state index contributed by atoms with van der Waals surface area (Å²) in [5.74, 6) is -0.177. The van der Waals surface area contributed by atoms with Crippen molar-refractivity contribution in [2.45, 2.75) is 51.2 Å². The molecule has 3 aliphatic rings. The average Bonchev–Trinajstić information content (AvgIpc) is 3.55. The number of hydrogen-bond acceptors (Lipinski definition) is 4. The molecular weight excluding hydrogens is 459 g/mol. The number of piperidine rings is 1. The highest BCUT2D eigenvalue weighted by atomic mass is 19.4. The van der Waals surface area contributed by atoms with Gasteiger partial charge in [0.15, 0.2) is 0 Å². The summed E-state index contributed by atoms with van der Waals surface area (Å²) in [4.78, 5) is 29.1. The van der Waals surface area contributed by atoms with E-state index in [1.807, 2.05) is 11.8 Å². The number of hydrogen-bond donors (Lipinski definition) is 2. The highest BCUT2D eigenvalue weighted by molar-refractivity contribution is 5.81. The van der Waals surface area contributed by atoms with E-state index in [9.17, 15) is 22.8 Å². The summed E-state index contributed by atoms with van der Waals surface area (Å²) in [7, 11) is 0. The third kappa shape index (κ3) is 5.82. The van der Waals surface area contributed by atoms with E-state index in [0.29, 0.717) is 38.4 Å². The molecular formula is C25H32F3N5O2. The first kappa shape index (κ1) is 25.1. The molecule has 3 amide bonds. The van der Waals surface area contributed by atoms with Crippen molar-refractivity contribution in [1.82, 2.24) is 15.5 Å². The number of carbonyl (C=O) groups is 2. The highest BCUT2D eigenvalue weighted by Crippen LogP contribution is 2.40. The van der Waals surface area contributed by atoms with E-state index in [4.69, 9.17) is 5.26 Å². The van der Waals surface area contributed by atoms with Crippen LogP contribution in [0.15, 0.2) is 18.2 Å². The van der Waals surface area contributed by atoms with Crippen LogP contribution in [0, 0.1) is 29.1 Å². The number of urea groups is 1. The fourth-order valence-electron chi connectivity index (χ4n) is 5.27. The maximum absolute atomic E-state index is 13.5. The van der Waals surface area contributed by atoms with Gasteiger partial charge in [-0.25, -0.2) is 4.79 Å². The first-order valence-corrected chi connectivity index (χ1v) is 12.4. The molecule has 0 aromatic heterocycles. The van der Waals surface area contributed by atoms with Gasteiger partial charge < -0.3 is 20.4 Å². The van der Waals surface area contributed by atoms with Crippen molar-refractivity contribution in [2.24, 2.45) is 17.8 Å². The number of nitrogens with one attached hydrogen (secondary N) is 2. The number of nitrogens with zero attached hydrogens (tertiary/aromatic N) is 3. The van der Waals surface area contributed by atoms with Gasteiger partial charge in [0.1, 0.15) is 0 Å². The predicted molar refractivity (Wildman–Crippen MR) is 125 cm³/mol. The number of benzene rings is 1. The molecule has 1 saturated carbocycles. The molecule has 0 bridgehead atoms. The standard InChI is InChI=1S/C25H32F3N5O2/c1-2-9-30-24(35)32-10-7-16(8-11-32)20-14-33(15-21(20)23(34)31-18-4-5-18)19-6-3-17(13-29)22(12-19)25(26,27)28/h3,6,12,16,18,20-21H,2,4-5,7-11,14-15H2,1H3,(H,30,35)(H,31,34)/t20-,21+/m0/s1. The van der Waals surface area contributed by atoms with Crippen LogP contribution < -0.4 is 15.5 Å². The van der Waals surface area contributed by atoms with Crippen LogP contribution in [0.3, 0.4) is 0 Å². The second-order valence-electron chi connectivity index (χ2n) is 9.85. The van der Waals surface area contributed by atoms with Gasteiger partial charge in [-0.3, -0.25) is 4.79 Å². The van der Waals surface area contributed by atoms with Crippen molar-refractivity contribution in [3.63, 3.8) is 0 Å². The second-order valence-corrected chi connectivity index (χ2v) is 9.85. The number of likely N-dealkylation sites (tertiary alicyclic amines) is 1. The zero-order valence-corrected chi connectivity index (χ0v) is 19.9. The Balaban J connectivity index is 1.50. The maximum Gasteiger partial charge on any atom is 0.417 e. The molecule has 10 heteroatoms. The summed E-state index contributed by atoms with van der Waals surface area (Å²) < 4.78 is 40.6. The zero-order valence-electron chi connectivity index (χ0n) is 19.9. The first-order valence-electron chi connectivity index (χ1n) is 12.4. The Morgan fingerprint density at radius 1 is 1.14 bits per heavy atom. The Hall–Kier alpha value is -2.96. The normalized spacial score (nSPS) is 23.2. The summed E-state index contributed by atoms with van der Waals surface area (Å²) in [6.07, 6.45) is -0.332. The van der Waals surface area contributed by atoms with E-state index in [1.54, 1.807) is 11.0 Å². The fourth-order valence-corrected chi connectivity index (χ4v) is 5.27. The van der Waals surface area contributed by atoms with Crippen molar-refractivity contribution in [3.8, 4) is 6.07 Å². The highest BCUT2D eigenvalue weighted by Gasteiger charge is 2.44. The summed E-state index contributed by atoms with van der Waals surface area (Å²) in [6, 6.07) is 5.52. The molecule has 0 radical (unpaired) electrons. The van der Waals surface area contributed by atoms with E-state index in [2.05, 4.69) is 10.6 Å². The van der Waals surface area contributed by atoms with Gasteiger partial charge in [0.25, 0.3) is 0 Å². The fraction of sp³-hybridized carbons (Fsp3) is 0.640. The van der Waals surface area contributed by atoms with Crippen molar-refractivity contribution < 1.29 is 22.8 Å². The molecule has 2 heterocycles. The number of amides is 3. The molecule has 35 heavy (non-hydrogen) atoms. The van der Waals surface area contributed by atoms with Crippen LogP contribution in [0.5, 0.6) is 0 Å². The minimum absolute atomic E-state index is 0.0143. The van der Waals surface area contributed by atoms with Gasteiger partial charge in [-0.2, -0.15) is 18.4 Å². The van der Waals surface area contributed by atoms with Gasteiger partial charge in [-0.1, -0.05) is 6.92 Å². The minimum atomic E-state index is -4.63. The molecule has 1 aliphatic carbocycles. The van der Waals surface area contributed by atoms with E-state index in [1.165, 1.54) is 12.1 Å². The van der Waals surface area contributed by atoms with Crippen LogP contribution in [0.4, 0.5) is 23.7 Å². The molecule has 1 aromatic rings. The van der Waals surface area contributed by atoms with Crippen LogP contribution in [-0.2, 0) is 11.0 Å². The zero-order chi connectivity index (χ0) is 25.2. The summed E-state index contributed by atoms with van der Waals surface area (Å²) in [5, 5.41) is 15.1. The smallest absolute Gasteiger partial charge is 0.370 e. The van der Waals surface area contributed by atoms with Crippen LogP contribution in [0.1, 0.15) is 50.2 Å². The van der Waals surface area contributed by atoms with E-state index >= 15 is 0 Å². The lowest BCUT2D eigenvalue weighted by molar-refractivity contribution is -0.137. The van der Waals surface area contributed by atoms with Crippen molar-refractivity contribution in [2.75, 3.05) is 37.6 Å². The number of rotatable bonds is 6. The van der Waals surface area contributed by atoms with Gasteiger partial charge in [-0.05, 0) is 62.1 Å². The average molecular weight is 492 g/mol. The molecule has 4 rings (SSSR count). The first-order chi connectivity index (χ1) is 16.7. The molecule has 0 spiro atoms. The van der Waals surface area contributed by atoms with Crippen molar-refractivity contribution >= 4 is 17.6 Å².